The lowest BCUT2D eigenvalue weighted by atomic mass is 9.80. The van der Waals surface area contributed by atoms with Crippen molar-refractivity contribution in [2.24, 2.45) is 11.8 Å². The van der Waals surface area contributed by atoms with Crippen LogP contribution in [0.5, 0.6) is 0 Å². The van der Waals surface area contributed by atoms with Crippen molar-refractivity contribution in [1.82, 2.24) is 14.5 Å². The fraction of sp³-hybridized carbons (Fsp3) is 0.500. The van der Waals surface area contributed by atoms with Crippen molar-refractivity contribution in [2.75, 3.05) is 11.9 Å². The SMILES string of the molecule is Cc1nccn1-c1ccc(NC(=O)[C@@H]2CO[C@@H]3CCCC[C@@H]32)cn1. The number of hydrogen-bond donors (Lipinski definition) is 1. The Kier molecular flexibility index (Phi) is 4.06. The van der Waals surface area contributed by atoms with Gasteiger partial charge in [-0.3, -0.25) is 9.36 Å². The third kappa shape index (κ3) is 2.82. The number of rotatable bonds is 3. The standard InChI is InChI=1S/C18H22N4O2/c1-12-19-8-9-22(12)17-7-6-13(10-20-17)21-18(23)15-11-24-16-5-3-2-4-14(15)16/h6-10,14-16H,2-5,11H2,1H3,(H,21,23)/t14-,15-,16-/m1/s1. The Morgan fingerprint density at radius 1 is 1.29 bits per heavy atom. The highest BCUT2D eigenvalue weighted by atomic mass is 16.5. The summed E-state index contributed by atoms with van der Waals surface area (Å²) in [6, 6.07) is 3.77. The molecule has 2 aromatic rings. The predicted octanol–water partition coefficient (Wildman–Crippen LogP) is 2.72. The Labute approximate surface area is 141 Å². The number of amides is 1. The van der Waals surface area contributed by atoms with Gasteiger partial charge in [0.1, 0.15) is 11.6 Å². The number of nitrogens with zero attached hydrogens (tertiary/aromatic N) is 3. The van der Waals surface area contributed by atoms with Crippen LogP contribution in [0.4, 0.5) is 5.69 Å². The first-order valence-corrected chi connectivity index (χ1v) is 8.61. The maximum absolute atomic E-state index is 12.6. The zero-order valence-electron chi connectivity index (χ0n) is 13.8. The maximum atomic E-state index is 12.6. The van der Waals surface area contributed by atoms with Crippen LogP contribution in [-0.2, 0) is 9.53 Å². The second-order valence-corrected chi connectivity index (χ2v) is 6.67. The molecule has 6 nitrogen and oxygen atoms in total. The molecule has 0 bridgehead atoms. The van der Waals surface area contributed by atoms with Gasteiger partial charge in [0, 0.05) is 12.4 Å². The van der Waals surface area contributed by atoms with Crippen LogP contribution >= 0.6 is 0 Å². The molecule has 2 aromatic heterocycles. The second-order valence-electron chi connectivity index (χ2n) is 6.67. The van der Waals surface area contributed by atoms with Gasteiger partial charge >= 0.3 is 0 Å². The fourth-order valence-corrected chi connectivity index (χ4v) is 3.87. The Morgan fingerprint density at radius 2 is 2.17 bits per heavy atom. The Bertz CT molecular complexity index is 725. The normalized spacial score (nSPS) is 26.1. The third-order valence-corrected chi connectivity index (χ3v) is 5.19. The molecule has 1 N–H and O–H groups in total. The van der Waals surface area contributed by atoms with E-state index in [1.807, 2.05) is 29.8 Å². The number of aryl methyl sites for hydroxylation is 1. The predicted molar refractivity (Wildman–Crippen MR) is 89.9 cm³/mol. The number of hydrogen-bond acceptors (Lipinski definition) is 4. The molecule has 0 radical (unpaired) electrons. The smallest absolute Gasteiger partial charge is 0.230 e. The number of imidazole rings is 1. The van der Waals surface area contributed by atoms with Crippen LogP contribution in [0.2, 0.25) is 0 Å². The Morgan fingerprint density at radius 3 is 2.92 bits per heavy atom. The van der Waals surface area contributed by atoms with Crippen molar-refractivity contribution in [3.63, 3.8) is 0 Å². The van der Waals surface area contributed by atoms with E-state index in [0.29, 0.717) is 12.5 Å². The quantitative estimate of drug-likeness (QED) is 0.941. The van der Waals surface area contributed by atoms with E-state index in [-0.39, 0.29) is 17.9 Å². The lowest BCUT2D eigenvalue weighted by Gasteiger charge is -2.26. The van der Waals surface area contributed by atoms with Crippen LogP contribution in [0.3, 0.4) is 0 Å². The number of pyridine rings is 1. The van der Waals surface area contributed by atoms with Gasteiger partial charge in [-0.25, -0.2) is 9.97 Å². The van der Waals surface area contributed by atoms with Crippen molar-refractivity contribution in [3.8, 4) is 5.82 Å². The number of ether oxygens (including phenoxy) is 1. The van der Waals surface area contributed by atoms with Crippen LogP contribution in [0, 0.1) is 18.8 Å². The topological polar surface area (TPSA) is 69.0 Å². The summed E-state index contributed by atoms with van der Waals surface area (Å²) in [6.45, 7) is 2.47. The summed E-state index contributed by atoms with van der Waals surface area (Å²) in [7, 11) is 0. The van der Waals surface area contributed by atoms with Crippen molar-refractivity contribution in [3.05, 3.63) is 36.5 Å². The minimum Gasteiger partial charge on any atom is -0.377 e. The number of anilines is 1. The molecular weight excluding hydrogens is 304 g/mol. The van der Waals surface area contributed by atoms with Gasteiger partial charge in [0.15, 0.2) is 0 Å². The molecule has 1 amide bonds. The Balaban J connectivity index is 1.43. The van der Waals surface area contributed by atoms with Crippen LogP contribution in [0.1, 0.15) is 31.5 Å². The van der Waals surface area contributed by atoms with Crippen LogP contribution in [-0.4, -0.2) is 33.2 Å². The fourth-order valence-electron chi connectivity index (χ4n) is 3.87. The number of carbonyl (C=O) groups is 1. The molecular formula is C18H22N4O2. The number of fused-ring (bicyclic) bond motifs is 1. The van der Waals surface area contributed by atoms with Gasteiger partial charge in [0.2, 0.25) is 5.91 Å². The van der Waals surface area contributed by atoms with E-state index in [1.165, 1.54) is 12.8 Å². The molecule has 3 atom stereocenters. The summed E-state index contributed by atoms with van der Waals surface area (Å²) in [5.74, 6) is 2.06. The molecule has 1 saturated carbocycles. The summed E-state index contributed by atoms with van der Waals surface area (Å²) in [6.07, 6.45) is 10.2. The highest BCUT2D eigenvalue weighted by molar-refractivity contribution is 5.93. The molecule has 1 aliphatic carbocycles. The first kappa shape index (κ1) is 15.3. The van der Waals surface area contributed by atoms with Gasteiger partial charge in [-0.15, -0.1) is 0 Å². The lowest BCUT2D eigenvalue weighted by molar-refractivity contribution is -0.120. The van der Waals surface area contributed by atoms with Gasteiger partial charge in [0.05, 0.1) is 30.5 Å². The minimum atomic E-state index is -0.0362. The summed E-state index contributed by atoms with van der Waals surface area (Å²) in [4.78, 5) is 21.2. The summed E-state index contributed by atoms with van der Waals surface area (Å²) in [5.41, 5.74) is 0.723. The zero-order valence-corrected chi connectivity index (χ0v) is 13.8. The van der Waals surface area contributed by atoms with Crippen molar-refractivity contribution >= 4 is 11.6 Å². The van der Waals surface area contributed by atoms with Gasteiger partial charge in [-0.1, -0.05) is 12.8 Å². The molecule has 1 aliphatic heterocycles. The van der Waals surface area contributed by atoms with Gasteiger partial charge in [-0.05, 0) is 37.8 Å². The maximum Gasteiger partial charge on any atom is 0.230 e. The number of aromatic nitrogens is 3. The highest BCUT2D eigenvalue weighted by Crippen LogP contribution is 2.38. The summed E-state index contributed by atoms with van der Waals surface area (Å²) < 4.78 is 7.73. The van der Waals surface area contributed by atoms with E-state index in [1.54, 1.807) is 12.4 Å². The van der Waals surface area contributed by atoms with E-state index in [9.17, 15) is 4.79 Å². The largest absolute Gasteiger partial charge is 0.377 e. The van der Waals surface area contributed by atoms with E-state index in [0.717, 1.165) is 30.2 Å². The minimum absolute atomic E-state index is 0.0362. The molecule has 2 fully saturated rings. The molecule has 6 heteroatoms. The van der Waals surface area contributed by atoms with E-state index in [4.69, 9.17) is 4.74 Å². The van der Waals surface area contributed by atoms with Crippen molar-refractivity contribution in [2.45, 2.75) is 38.7 Å². The van der Waals surface area contributed by atoms with Crippen LogP contribution in [0.15, 0.2) is 30.7 Å². The third-order valence-electron chi connectivity index (χ3n) is 5.19. The van der Waals surface area contributed by atoms with Gasteiger partial charge in [0.25, 0.3) is 0 Å². The highest BCUT2D eigenvalue weighted by Gasteiger charge is 2.42. The molecule has 0 unspecified atom stereocenters. The number of carbonyl (C=O) groups excluding carboxylic acids is 1. The monoisotopic (exact) mass is 326 g/mol. The van der Waals surface area contributed by atoms with E-state index < -0.39 is 0 Å². The van der Waals surface area contributed by atoms with Crippen molar-refractivity contribution < 1.29 is 9.53 Å². The zero-order chi connectivity index (χ0) is 16.5. The first-order chi connectivity index (χ1) is 11.7. The van der Waals surface area contributed by atoms with Crippen molar-refractivity contribution in [1.29, 1.82) is 0 Å². The average molecular weight is 326 g/mol. The van der Waals surface area contributed by atoms with E-state index in [2.05, 4.69) is 15.3 Å². The molecule has 2 aliphatic rings. The molecule has 3 heterocycles. The molecule has 0 spiro atoms. The molecule has 1 saturated heterocycles. The summed E-state index contributed by atoms with van der Waals surface area (Å²) >= 11 is 0. The van der Waals surface area contributed by atoms with E-state index >= 15 is 0 Å². The Hall–Kier alpha value is -2.21. The van der Waals surface area contributed by atoms with Gasteiger partial charge in [-0.2, -0.15) is 0 Å². The number of nitrogens with one attached hydrogen (secondary N) is 1. The van der Waals surface area contributed by atoms with Gasteiger partial charge < -0.3 is 10.1 Å². The molecule has 126 valence electrons. The molecule has 24 heavy (non-hydrogen) atoms. The molecule has 4 rings (SSSR count). The van der Waals surface area contributed by atoms with Crippen LogP contribution in [0.25, 0.3) is 5.82 Å². The first-order valence-electron chi connectivity index (χ1n) is 8.61. The average Bonchev–Trinajstić information content (AvgIpc) is 3.22. The summed E-state index contributed by atoms with van der Waals surface area (Å²) in [5, 5.41) is 3.00. The van der Waals surface area contributed by atoms with Crippen LogP contribution < -0.4 is 5.32 Å². The lowest BCUT2D eigenvalue weighted by Crippen LogP contribution is -2.32. The molecule has 0 aromatic carbocycles. The second kappa shape index (κ2) is 6.36.